The molecule has 0 saturated carbocycles. The maximum Gasteiger partial charge on any atom is 0.148 e. The molecule has 1 heterocycles. The summed E-state index contributed by atoms with van der Waals surface area (Å²) in [6, 6.07) is 3.72. The van der Waals surface area contributed by atoms with Crippen molar-refractivity contribution in [3.63, 3.8) is 0 Å². The highest BCUT2D eigenvalue weighted by Crippen LogP contribution is 2.20. The SMILES string of the molecule is CC.CCNc1ccnc(Cl)c1C#N. The molecule has 3 nitrogen and oxygen atoms in total. The third-order valence-corrected chi connectivity index (χ3v) is 1.67. The molecule has 1 aromatic heterocycles. The standard InChI is InChI=1S/C8H8ClN3.C2H6/c1-2-11-7-3-4-12-8(9)6(7)5-10;1-2/h3-4H,2H2,1H3,(H,11,12);1-2H3. The topological polar surface area (TPSA) is 48.7 Å². The van der Waals surface area contributed by atoms with Gasteiger partial charge in [0.25, 0.3) is 0 Å². The molecule has 0 fully saturated rings. The van der Waals surface area contributed by atoms with Crippen molar-refractivity contribution < 1.29 is 0 Å². The van der Waals surface area contributed by atoms with Gasteiger partial charge in [0.05, 0.1) is 5.69 Å². The summed E-state index contributed by atoms with van der Waals surface area (Å²) in [6.45, 7) is 6.71. The van der Waals surface area contributed by atoms with Crippen molar-refractivity contribution in [2.24, 2.45) is 0 Å². The first-order valence-corrected chi connectivity index (χ1v) is 4.96. The van der Waals surface area contributed by atoms with E-state index in [0.29, 0.717) is 5.56 Å². The normalized spacial score (nSPS) is 8.21. The first-order valence-electron chi connectivity index (χ1n) is 4.58. The zero-order valence-corrected chi connectivity index (χ0v) is 9.39. The summed E-state index contributed by atoms with van der Waals surface area (Å²) in [7, 11) is 0. The van der Waals surface area contributed by atoms with Crippen molar-refractivity contribution in [1.29, 1.82) is 5.26 Å². The summed E-state index contributed by atoms with van der Waals surface area (Å²) in [5.74, 6) is 0. The number of aromatic nitrogens is 1. The Morgan fingerprint density at radius 1 is 1.57 bits per heavy atom. The van der Waals surface area contributed by atoms with Crippen molar-refractivity contribution in [2.45, 2.75) is 20.8 Å². The number of anilines is 1. The summed E-state index contributed by atoms with van der Waals surface area (Å²) in [4.78, 5) is 3.80. The molecule has 0 unspecified atom stereocenters. The Labute approximate surface area is 89.7 Å². The quantitative estimate of drug-likeness (QED) is 0.765. The summed E-state index contributed by atoms with van der Waals surface area (Å²) < 4.78 is 0. The minimum atomic E-state index is 0.246. The second-order valence-electron chi connectivity index (χ2n) is 2.17. The first kappa shape index (κ1) is 12.7. The Kier molecular flexibility index (Phi) is 6.51. The van der Waals surface area contributed by atoms with Gasteiger partial charge in [-0.15, -0.1) is 0 Å². The molecule has 0 spiro atoms. The van der Waals surface area contributed by atoms with Crippen molar-refractivity contribution in [2.75, 3.05) is 11.9 Å². The van der Waals surface area contributed by atoms with Crippen LogP contribution in [0.2, 0.25) is 5.15 Å². The number of nitrogens with zero attached hydrogens (tertiary/aromatic N) is 2. The van der Waals surface area contributed by atoms with Crippen LogP contribution in [0.3, 0.4) is 0 Å². The van der Waals surface area contributed by atoms with Crippen LogP contribution in [0.5, 0.6) is 0 Å². The summed E-state index contributed by atoms with van der Waals surface area (Å²) in [5.41, 5.74) is 1.14. The molecule has 76 valence electrons. The van der Waals surface area contributed by atoms with E-state index < -0.39 is 0 Å². The fraction of sp³-hybridized carbons (Fsp3) is 0.400. The molecule has 4 heteroatoms. The van der Waals surface area contributed by atoms with E-state index >= 15 is 0 Å². The highest BCUT2D eigenvalue weighted by atomic mass is 35.5. The van der Waals surface area contributed by atoms with Crippen LogP contribution in [0, 0.1) is 11.3 Å². The van der Waals surface area contributed by atoms with Gasteiger partial charge >= 0.3 is 0 Å². The average Bonchev–Trinajstić information content (AvgIpc) is 2.22. The first-order chi connectivity index (χ1) is 6.79. The lowest BCUT2D eigenvalue weighted by molar-refractivity contribution is 1.19. The highest BCUT2D eigenvalue weighted by Gasteiger charge is 2.05. The molecule has 0 aliphatic rings. The Morgan fingerprint density at radius 2 is 2.21 bits per heavy atom. The summed E-state index contributed by atoms with van der Waals surface area (Å²) in [5, 5.41) is 12.0. The van der Waals surface area contributed by atoms with Gasteiger partial charge in [-0.25, -0.2) is 4.98 Å². The Bertz CT molecular complexity index is 318. The molecule has 0 aliphatic carbocycles. The lowest BCUT2D eigenvalue weighted by Gasteiger charge is -2.04. The predicted molar refractivity (Wildman–Crippen MR) is 59.5 cm³/mol. The van der Waals surface area contributed by atoms with E-state index in [1.165, 1.54) is 0 Å². The number of pyridine rings is 1. The Morgan fingerprint density at radius 3 is 2.71 bits per heavy atom. The predicted octanol–water partition coefficient (Wildman–Crippen LogP) is 3.06. The van der Waals surface area contributed by atoms with Gasteiger partial charge in [0.1, 0.15) is 16.8 Å². The molecule has 0 saturated heterocycles. The fourth-order valence-electron chi connectivity index (χ4n) is 0.880. The fourth-order valence-corrected chi connectivity index (χ4v) is 1.08. The molecule has 1 N–H and O–H groups in total. The molecule has 0 bridgehead atoms. The lowest BCUT2D eigenvalue weighted by Crippen LogP contribution is -1.99. The molecule has 0 radical (unpaired) electrons. The maximum absolute atomic E-state index is 8.71. The minimum absolute atomic E-state index is 0.246. The van der Waals surface area contributed by atoms with Crippen LogP contribution in [0.25, 0.3) is 0 Å². The van der Waals surface area contributed by atoms with Crippen LogP contribution in [0.4, 0.5) is 5.69 Å². The van der Waals surface area contributed by atoms with Crippen molar-refractivity contribution in [3.05, 3.63) is 23.0 Å². The van der Waals surface area contributed by atoms with Gasteiger partial charge in [0, 0.05) is 12.7 Å². The number of nitriles is 1. The molecule has 0 amide bonds. The van der Waals surface area contributed by atoms with E-state index in [0.717, 1.165) is 12.2 Å². The zero-order valence-electron chi connectivity index (χ0n) is 8.63. The summed E-state index contributed by atoms with van der Waals surface area (Å²) >= 11 is 5.69. The third kappa shape index (κ3) is 3.23. The monoisotopic (exact) mass is 211 g/mol. The molecule has 0 aromatic carbocycles. The van der Waals surface area contributed by atoms with Crippen LogP contribution >= 0.6 is 11.6 Å². The van der Waals surface area contributed by atoms with Crippen LogP contribution in [0.15, 0.2) is 12.3 Å². The molecule has 0 aliphatic heterocycles. The molecule has 1 aromatic rings. The Balaban J connectivity index is 0.000000791. The van der Waals surface area contributed by atoms with Gasteiger partial charge in [0.15, 0.2) is 0 Å². The molecule has 0 atom stereocenters. The number of halogens is 1. The van der Waals surface area contributed by atoms with Crippen molar-refractivity contribution >= 4 is 17.3 Å². The maximum atomic E-state index is 8.71. The van der Waals surface area contributed by atoms with E-state index in [1.807, 2.05) is 26.8 Å². The lowest BCUT2D eigenvalue weighted by atomic mass is 10.2. The number of rotatable bonds is 2. The molecule has 1 rings (SSSR count). The van der Waals surface area contributed by atoms with E-state index in [9.17, 15) is 0 Å². The van der Waals surface area contributed by atoms with Gasteiger partial charge in [-0.05, 0) is 13.0 Å². The van der Waals surface area contributed by atoms with Gasteiger partial charge in [0.2, 0.25) is 0 Å². The van der Waals surface area contributed by atoms with E-state index in [-0.39, 0.29) is 5.15 Å². The zero-order chi connectivity index (χ0) is 11.0. The third-order valence-electron chi connectivity index (χ3n) is 1.38. The molecular weight excluding hydrogens is 198 g/mol. The van der Waals surface area contributed by atoms with Gasteiger partial charge < -0.3 is 5.32 Å². The number of hydrogen-bond donors (Lipinski definition) is 1. The van der Waals surface area contributed by atoms with Crippen molar-refractivity contribution in [1.82, 2.24) is 4.98 Å². The van der Waals surface area contributed by atoms with Crippen LogP contribution < -0.4 is 5.32 Å². The number of nitrogens with one attached hydrogen (secondary N) is 1. The average molecular weight is 212 g/mol. The van der Waals surface area contributed by atoms with Gasteiger partial charge in [-0.1, -0.05) is 25.4 Å². The van der Waals surface area contributed by atoms with Gasteiger partial charge in [-0.2, -0.15) is 5.26 Å². The summed E-state index contributed by atoms with van der Waals surface area (Å²) in [6.07, 6.45) is 1.57. The smallest absolute Gasteiger partial charge is 0.148 e. The van der Waals surface area contributed by atoms with Crippen molar-refractivity contribution in [3.8, 4) is 6.07 Å². The second-order valence-corrected chi connectivity index (χ2v) is 2.52. The van der Waals surface area contributed by atoms with E-state index in [1.54, 1.807) is 12.3 Å². The van der Waals surface area contributed by atoms with Crippen LogP contribution in [0.1, 0.15) is 26.3 Å². The van der Waals surface area contributed by atoms with Gasteiger partial charge in [-0.3, -0.25) is 0 Å². The minimum Gasteiger partial charge on any atom is -0.384 e. The van der Waals surface area contributed by atoms with E-state index in [2.05, 4.69) is 10.3 Å². The Hall–Kier alpha value is -1.27. The highest BCUT2D eigenvalue weighted by molar-refractivity contribution is 6.30. The van der Waals surface area contributed by atoms with Crippen LogP contribution in [-0.4, -0.2) is 11.5 Å². The number of hydrogen-bond acceptors (Lipinski definition) is 3. The molecule has 14 heavy (non-hydrogen) atoms. The van der Waals surface area contributed by atoms with Crippen LogP contribution in [-0.2, 0) is 0 Å². The van der Waals surface area contributed by atoms with E-state index in [4.69, 9.17) is 16.9 Å². The second kappa shape index (κ2) is 7.16. The largest absolute Gasteiger partial charge is 0.384 e. The molecular formula is C10H14ClN3.